The van der Waals surface area contributed by atoms with Crippen molar-refractivity contribution in [3.05, 3.63) is 35.9 Å². The molecule has 2 N–H and O–H groups in total. The summed E-state index contributed by atoms with van der Waals surface area (Å²) in [4.78, 5) is 0. The third kappa shape index (κ3) is 1.18. The minimum Gasteiger partial charge on any atom is -0.399 e. The molecule has 1 nitrogen and oxygen atoms in total. The second kappa shape index (κ2) is 2.56. The smallest absolute Gasteiger partial charge is 0.0320 e. The minimum absolute atomic E-state index is 0.792. The molecule has 0 aliphatic rings. The molecule has 0 aliphatic carbocycles. The monoisotopic (exact) mass is 133 g/mol. The third-order valence-corrected chi connectivity index (χ3v) is 1.52. The predicted molar refractivity (Wildman–Crippen MR) is 45.7 cm³/mol. The van der Waals surface area contributed by atoms with Crippen LogP contribution in [0.25, 0.3) is 6.08 Å². The lowest BCUT2D eigenvalue weighted by Gasteiger charge is -1.99. The number of benzene rings is 1. The van der Waals surface area contributed by atoms with E-state index in [1.807, 2.05) is 31.2 Å². The quantitative estimate of drug-likeness (QED) is 0.584. The Hall–Kier alpha value is -1.24. The van der Waals surface area contributed by atoms with Gasteiger partial charge in [0.2, 0.25) is 0 Å². The molecule has 1 aromatic carbocycles. The maximum atomic E-state index is 5.56. The van der Waals surface area contributed by atoms with Crippen molar-refractivity contribution >= 4 is 11.8 Å². The van der Waals surface area contributed by atoms with Crippen molar-refractivity contribution in [1.29, 1.82) is 0 Å². The molecule has 0 atom stereocenters. The number of aryl methyl sites for hydroxylation is 1. The van der Waals surface area contributed by atoms with Crippen molar-refractivity contribution in [2.75, 3.05) is 5.73 Å². The van der Waals surface area contributed by atoms with Crippen LogP contribution in [0.15, 0.2) is 24.8 Å². The average Bonchev–Trinajstić information content (AvgIpc) is 1.94. The van der Waals surface area contributed by atoms with Gasteiger partial charge in [0.05, 0.1) is 0 Å². The molecule has 1 rings (SSSR count). The van der Waals surface area contributed by atoms with Crippen LogP contribution < -0.4 is 5.73 Å². The Morgan fingerprint density at radius 2 is 2.20 bits per heavy atom. The van der Waals surface area contributed by atoms with E-state index in [4.69, 9.17) is 5.73 Å². The zero-order chi connectivity index (χ0) is 7.56. The lowest BCUT2D eigenvalue weighted by molar-refractivity contribution is 1.45. The molecule has 52 valence electrons. The lowest BCUT2D eigenvalue weighted by Crippen LogP contribution is -1.86. The average molecular weight is 133 g/mol. The van der Waals surface area contributed by atoms with Gasteiger partial charge in [-0.1, -0.05) is 18.7 Å². The fraction of sp³-hybridized carbons (Fsp3) is 0.111. The molecule has 0 heterocycles. The van der Waals surface area contributed by atoms with Crippen LogP contribution in [0.4, 0.5) is 5.69 Å². The molecule has 10 heavy (non-hydrogen) atoms. The molecule has 0 fully saturated rings. The lowest BCUT2D eigenvalue weighted by atomic mass is 10.1. The number of nitrogen functional groups attached to an aromatic ring is 1. The molecule has 0 unspecified atom stereocenters. The van der Waals surface area contributed by atoms with Crippen LogP contribution in [0.5, 0.6) is 0 Å². The Bertz CT molecular complexity index is 251. The molecular formula is C9H11N. The Labute approximate surface area is 61.2 Å². The highest BCUT2D eigenvalue weighted by Crippen LogP contribution is 2.12. The summed E-state index contributed by atoms with van der Waals surface area (Å²) in [6.07, 6.45) is 1.81. The van der Waals surface area contributed by atoms with E-state index in [-0.39, 0.29) is 0 Å². The van der Waals surface area contributed by atoms with Gasteiger partial charge in [0, 0.05) is 5.69 Å². The van der Waals surface area contributed by atoms with Gasteiger partial charge in [-0.25, -0.2) is 0 Å². The zero-order valence-corrected chi connectivity index (χ0v) is 6.09. The number of nitrogens with two attached hydrogens (primary N) is 1. The Morgan fingerprint density at radius 3 is 2.70 bits per heavy atom. The van der Waals surface area contributed by atoms with E-state index in [0.29, 0.717) is 0 Å². The maximum Gasteiger partial charge on any atom is 0.0320 e. The highest BCUT2D eigenvalue weighted by molar-refractivity contribution is 5.57. The van der Waals surface area contributed by atoms with Crippen molar-refractivity contribution in [2.45, 2.75) is 6.92 Å². The van der Waals surface area contributed by atoms with Crippen LogP contribution in [0.1, 0.15) is 11.1 Å². The molecule has 0 radical (unpaired) electrons. The van der Waals surface area contributed by atoms with E-state index < -0.39 is 0 Å². The van der Waals surface area contributed by atoms with Gasteiger partial charge in [0.25, 0.3) is 0 Å². The predicted octanol–water partition coefficient (Wildman–Crippen LogP) is 2.22. The highest BCUT2D eigenvalue weighted by atomic mass is 14.5. The summed E-state index contributed by atoms with van der Waals surface area (Å²) in [5, 5.41) is 0. The van der Waals surface area contributed by atoms with Crippen molar-refractivity contribution in [3.8, 4) is 0 Å². The van der Waals surface area contributed by atoms with E-state index in [2.05, 4.69) is 6.58 Å². The first-order chi connectivity index (χ1) is 4.74. The Balaban J connectivity index is 3.21. The molecule has 0 saturated carbocycles. The standard InChI is InChI=1S/C9H11N/c1-3-8-6-9(10)5-4-7(8)2/h3-6H,1,10H2,2H3. The van der Waals surface area contributed by atoms with Crippen LogP contribution >= 0.6 is 0 Å². The molecule has 0 aliphatic heterocycles. The van der Waals surface area contributed by atoms with E-state index in [0.717, 1.165) is 11.3 Å². The van der Waals surface area contributed by atoms with Gasteiger partial charge in [0.1, 0.15) is 0 Å². The first-order valence-electron chi connectivity index (χ1n) is 3.22. The fourth-order valence-electron chi connectivity index (χ4n) is 0.879. The first-order valence-corrected chi connectivity index (χ1v) is 3.22. The molecule has 1 aromatic rings. The van der Waals surface area contributed by atoms with E-state index in [9.17, 15) is 0 Å². The number of hydrogen-bond donors (Lipinski definition) is 1. The van der Waals surface area contributed by atoms with Crippen molar-refractivity contribution < 1.29 is 0 Å². The van der Waals surface area contributed by atoms with Gasteiger partial charge in [-0.2, -0.15) is 0 Å². The maximum absolute atomic E-state index is 5.56. The van der Waals surface area contributed by atoms with Crippen LogP contribution in [-0.2, 0) is 0 Å². The number of rotatable bonds is 1. The van der Waals surface area contributed by atoms with Gasteiger partial charge in [-0.3, -0.25) is 0 Å². The summed E-state index contributed by atoms with van der Waals surface area (Å²) < 4.78 is 0. The van der Waals surface area contributed by atoms with Crippen LogP contribution in [0.2, 0.25) is 0 Å². The van der Waals surface area contributed by atoms with Crippen molar-refractivity contribution in [1.82, 2.24) is 0 Å². The number of hydrogen-bond acceptors (Lipinski definition) is 1. The van der Waals surface area contributed by atoms with Gasteiger partial charge < -0.3 is 5.73 Å². The zero-order valence-electron chi connectivity index (χ0n) is 6.09. The summed E-state index contributed by atoms with van der Waals surface area (Å²) in [5.74, 6) is 0. The van der Waals surface area contributed by atoms with E-state index >= 15 is 0 Å². The third-order valence-electron chi connectivity index (χ3n) is 1.52. The van der Waals surface area contributed by atoms with Crippen LogP contribution in [-0.4, -0.2) is 0 Å². The van der Waals surface area contributed by atoms with Crippen LogP contribution in [0, 0.1) is 6.92 Å². The summed E-state index contributed by atoms with van der Waals surface area (Å²) >= 11 is 0. The van der Waals surface area contributed by atoms with Crippen molar-refractivity contribution in [3.63, 3.8) is 0 Å². The second-order valence-electron chi connectivity index (χ2n) is 2.32. The SMILES string of the molecule is C=Cc1cc(N)ccc1C. The summed E-state index contributed by atoms with van der Waals surface area (Å²) in [5.41, 5.74) is 8.67. The molecule has 0 bridgehead atoms. The second-order valence-corrected chi connectivity index (χ2v) is 2.32. The van der Waals surface area contributed by atoms with E-state index in [1.165, 1.54) is 5.56 Å². The van der Waals surface area contributed by atoms with Crippen molar-refractivity contribution in [2.24, 2.45) is 0 Å². The molecule has 0 aromatic heterocycles. The number of anilines is 1. The molecular weight excluding hydrogens is 122 g/mol. The van der Waals surface area contributed by atoms with Crippen LogP contribution in [0.3, 0.4) is 0 Å². The highest BCUT2D eigenvalue weighted by Gasteiger charge is 1.91. The topological polar surface area (TPSA) is 26.0 Å². The van der Waals surface area contributed by atoms with Gasteiger partial charge in [-0.15, -0.1) is 0 Å². The first kappa shape index (κ1) is 6.87. The largest absolute Gasteiger partial charge is 0.399 e. The Kier molecular flexibility index (Phi) is 1.76. The fourth-order valence-corrected chi connectivity index (χ4v) is 0.879. The molecule has 0 spiro atoms. The minimum atomic E-state index is 0.792. The molecule has 0 amide bonds. The van der Waals surface area contributed by atoms with Gasteiger partial charge in [0.15, 0.2) is 0 Å². The molecule has 0 saturated heterocycles. The summed E-state index contributed by atoms with van der Waals surface area (Å²) in [6, 6.07) is 5.80. The van der Waals surface area contributed by atoms with Gasteiger partial charge >= 0.3 is 0 Å². The van der Waals surface area contributed by atoms with E-state index in [1.54, 1.807) is 0 Å². The Morgan fingerprint density at radius 1 is 1.50 bits per heavy atom. The summed E-state index contributed by atoms with van der Waals surface area (Å²) in [7, 11) is 0. The molecule has 1 heteroatoms. The normalized spacial score (nSPS) is 9.30. The van der Waals surface area contributed by atoms with Gasteiger partial charge in [-0.05, 0) is 30.2 Å². The summed E-state index contributed by atoms with van der Waals surface area (Å²) in [6.45, 7) is 5.72.